The Hall–Kier alpha value is -0.830. The van der Waals surface area contributed by atoms with Gasteiger partial charge in [0.25, 0.3) is 0 Å². The van der Waals surface area contributed by atoms with E-state index in [1.54, 1.807) is 4.88 Å². The zero-order chi connectivity index (χ0) is 14.8. The van der Waals surface area contributed by atoms with E-state index in [0.29, 0.717) is 0 Å². The standard InChI is InChI=1S/C18H22ClNS/c1-12-7-8-13(15(19)9-12)10-16(20)18-11-14-5-3-2-4-6-17(14)21-18/h7-9,11,16H,2-6,10,20H2,1H3. The molecule has 0 radical (unpaired) electrons. The zero-order valence-corrected chi connectivity index (χ0v) is 14.1. The van der Waals surface area contributed by atoms with Crippen LogP contribution in [0.1, 0.15) is 51.7 Å². The largest absolute Gasteiger partial charge is 0.323 e. The Bertz CT molecular complexity index is 609. The predicted octanol–water partition coefficient (Wildman–Crippen LogP) is 5.22. The maximum Gasteiger partial charge on any atom is 0.0441 e. The van der Waals surface area contributed by atoms with Crippen LogP contribution in [0.3, 0.4) is 0 Å². The summed E-state index contributed by atoms with van der Waals surface area (Å²) in [6.45, 7) is 2.06. The lowest BCUT2D eigenvalue weighted by Gasteiger charge is -2.11. The van der Waals surface area contributed by atoms with E-state index < -0.39 is 0 Å². The van der Waals surface area contributed by atoms with E-state index in [9.17, 15) is 0 Å². The molecule has 1 aliphatic carbocycles. The molecule has 112 valence electrons. The number of benzene rings is 1. The molecule has 0 saturated heterocycles. The van der Waals surface area contributed by atoms with Gasteiger partial charge in [-0.2, -0.15) is 0 Å². The van der Waals surface area contributed by atoms with E-state index in [-0.39, 0.29) is 6.04 Å². The van der Waals surface area contributed by atoms with Crippen molar-refractivity contribution in [3.05, 3.63) is 55.7 Å². The topological polar surface area (TPSA) is 26.0 Å². The molecule has 21 heavy (non-hydrogen) atoms. The molecule has 1 heterocycles. The minimum absolute atomic E-state index is 0.0575. The number of rotatable bonds is 3. The molecule has 0 spiro atoms. The summed E-state index contributed by atoms with van der Waals surface area (Å²) < 4.78 is 0. The number of hydrogen-bond acceptors (Lipinski definition) is 2. The van der Waals surface area contributed by atoms with Gasteiger partial charge in [0, 0.05) is 20.8 Å². The van der Waals surface area contributed by atoms with Gasteiger partial charge in [-0.25, -0.2) is 0 Å². The van der Waals surface area contributed by atoms with Crippen molar-refractivity contribution in [2.45, 2.75) is 51.5 Å². The van der Waals surface area contributed by atoms with E-state index in [2.05, 4.69) is 25.1 Å². The lowest BCUT2D eigenvalue weighted by Crippen LogP contribution is -2.12. The monoisotopic (exact) mass is 319 g/mol. The maximum absolute atomic E-state index is 6.44. The SMILES string of the molecule is Cc1ccc(CC(N)c2cc3c(s2)CCCCC3)c(Cl)c1. The molecule has 0 aliphatic heterocycles. The first kappa shape index (κ1) is 15.1. The van der Waals surface area contributed by atoms with E-state index in [1.165, 1.54) is 48.1 Å². The van der Waals surface area contributed by atoms with Gasteiger partial charge in [0.15, 0.2) is 0 Å². The fraction of sp³-hybridized carbons (Fsp3) is 0.444. The first-order valence-electron chi connectivity index (χ1n) is 7.75. The molecule has 3 heteroatoms. The summed E-state index contributed by atoms with van der Waals surface area (Å²) >= 11 is 8.25. The van der Waals surface area contributed by atoms with Crippen LogP contribution in [0, 0.1) is 6.92 Å². The van der Waals surface area contributed by atoms with Crippen LogP contribution < -0.4 is 5.73 Å². The Morgan fingerprint density at radius 1 is 1.19 bits per heavy atom. The van der Waals surface area contributed by atoms with E-state index in [1.807, 2.05) is 17.4 Å². The molecule has 1 aromatic carbocycles. The lowest BCUT2D eigenvalue weighted by atomic mass is 10.0. The average Bonchev–Trinajstić information content (AvgIpc) is 2.73. The molecule has 1 aliphatic rings. The molecule has 0 bridgehead atoms. The Morgan fingerprint density at radius 2 is 2.00 bits per heavy atom. The van der Waals surface area contributed by atoms with E-state index in [4.69, 9.17) is 17.3 Å². The van der Waals surface area contributed by atoms with Crippen molar-refractivity contribution in [2.75, 3.05) is 0 Å². The fourth-order valence-electron chi connectivity index (χ4n) is 3.03. The van der Waals surface area contributed by atoms with Gasteiger partial charge in [-0.05, 0) is 67.9 Å². The molecule has 1 atom stereocenters. The number of hydrogen-bond donors (Lipinski definition) is 1. The number of aryl methyl sites for hydroxylation is 3. The third-order valence-electron chi connectivity index (χ3n) is 4.28. The third-order valence-corrected chi connectivity index (χ3v) is 6.00. The van der Waals surface area contributed by atoms with Crippen molar-refractivity contribution in [1.82, 2.24) is 0 Å². The van der Waals surface area contributed by atoms with Gasteiger partial charge < -0.3 is 5.73 Å². The third kappa shape index (κ3) is 3.50. The number of thiophene rings is 1. The molecule has 0 amide bonds. The van der Waals surface area contributed by atoms with Gasteiger partial charge in [-0.3, -0.25) is 0 Å². The molecule has 0 saturated carbocycles. The molecule has 3 rings (SSSR count). The molecule has 1 aromatic heterocycles. The van der Waals surface area contributed by atoms with Crippen molar-refractivity contribution in [2.24, 2.45) is 5.73 Å². The molecule has 0 fully saturated rings. The van der Waals surface area contributed by atoms with Crippen molar-refractivity contribution >= 4 is 22.9 Å². The molecule has 1 unspecified atom stereocenters. The van der Waals surface area contributed by atoms with Crippen molar-refractivity contribution in [3.8, 4) is 0 Å². The van der Waals surface area contributed by atoms with Gasteiger partial charge in [0.05, 0.1) is 0 Å². The molecular formula is C18H22ClNS. The number of nitrogens with two attached hydrogens (primary N) is 1. The van der Waals surface area contributed by atoms with Gasteiger partial charge in [-0.1, -0.05) is 30.2 Å². The summed E-state index contributed by atoms with van der Waals surface area (Å²) in [6, 6.07) is 8.64. The smallest absolute Gasteiger partial charge is 0.0441 e. The summed E-state index contributed by atoms with van der Waals surface area (Å²) in [5.41, 5.74) is 10.3. The fourth-order valence-corrected chi connectivity index (χ4v) is 4.60. The van der Waals surface area contributed by atoms with Gasteiger partial charge >= 0.3 is 0 Å². The van der Waals surface area contributed by atoms with Crippen LogP contribution in [0.25, 0.3) is 0 Å². The average molecular weight is 320 g/mol. The summed E-state index contributed by atoms with van der Waals surface area (Å²) in [5, 5.41) is 0.837. The van der Waals surface area contributed by atoms with Gasteiger partial charge in [0.2, 0.25) is 0 Å². The maximum atomic E-state index is 6.44. The zero-order valence-electron chi connectivity index (χ0n) is 12.5. The van der Waals surface area contributed by atoms with Crippen LogP contribution in [0.4, 0.5) is 0 Å². The Labute approximate surface area is 136 Å². The number of fused-ring (bicyclic) bond motifs is 1. The summed E-state index contributed by atoms with van der Waals surface area (Å²) in [5.74, 6) is 0. The normalized spacial score (nSPS) is 16.3. The molecule has 1 nitrogen and oxygen atoms in total. The Kier molecular flexibility index (Phi) is 4.68. The quantitative estimate of drug-likeness (QED) is 0.771. The van der Waals surface area contributed by atoms with Crippen LogP contribution in [0.5, 0.6) is 0 Å². The minimum atomic E-state index is 0.0575. The minimum Gasteiger partial charge on any atom is -0.323 e. The highest BCUT2D eigenvalue weighted by Crippen LogP contribution is 2.33. The van der Waals surface area contributed by atoms with Crippen LogP contribution >= 0.6 is 22.9 Å². The van der Waals surface area contributed by atoms with Gasteiger partial charge in [-0.15, -0.1) is 11.3 Å². The molecule has 2 aromatic rings. The summed E-state index contributed by atoms with van der Waals surface area (Å²) in [4.78, 5) is 2.88. The summed E-state index contributed by atoms with van der Waals surface area (Å²) in [6.07, 6.45) is 7.29. The van der Waals surface area contributed by atoms with Crippen LogP contribution in [-0.2, 0) is 19.3 Å². The highest BCUT2D eigenvalue weighted by atomic mass is 35.5. The molecule has 2 N–H and O–H groups in total. The first-order valence-corrected chi connectivity index (χ1v) is 8.95. The highest BCUT2D eigenvalue weighted by molar-refractivity contribution is 7.12. The predicted molar refractivity (Wildman–Crippen MR) is 92.4 cm³/mol. The second kappa shape index (κ2) is 6.51. The van der Waals surface area contributed by atoms with Crippen LogP contribution in [0.2, 0.25) is 5.02 Å². The number of halogens is 1. The first-order chi connectivity index (χ1) is 10.1. The second-order valence-electron chi connectivity index (χ2n) is 6.06. The Morgan fingerprint density at radius 3 is 2.81 bits per heavy atom. The van der Waals surface area contributed by atoms with E-state index >= 15 is 0 Å². The second-order valence-corrected chi connectivity index (χ2v) is 7.64. The lowest BCUT2D eigenvalue weighted by molar-refractivity contribution is 0.709. The van der Waals surface area contributed by atoms with Crippen LogP contribution in [-0.4, -0.2) is 0 Å². The Balaban J connectivity index is 1.77. The van der Waals surface area contributed by atoms with Crippen LogP contribution in [0.15, 0.2) is 24.3 Å². The van der Waals surface area contributed by atoms with Gasteiger partial charge in [0.1, 0.15) is 0 Å². The molecular weight excluding hydrogens is 298 g/mol. The summed E-state index contributed by atoms with van der Waals surface area (Å²) in [7, 11) is 0. The van der Waals surface area contributed by atoms with Crippen molar-refractivity contribution < 1.29 is 0 Å². The van der Waals surface area contributed by atoms with Crippen molar-refractivity contribution in [1.29, 1.82) is 0 Å². The van der Waals surface area contributed by atoms with E-state index in [0.717, 1.165) is 17.0 Å². The van der Waals surface area contributed by atoms with Crippen molar-refractivity contribution in [3.63, 3.8) is 0 Å². The highest BCUT2D eigenvalue weighted by Gasteiger charge is 2.17.